The summed E-state index contributed by atoms with van der Waals surface area (Å²) in [5, 5.41) is 3.15. The van der Waals surface area contributed by atoms with E-state index in [1.807, 2.05) is 30.3 Å². The number of rotatable bonds is 3. The van der Waals surface area contributed by atoms with Crippen LogP contribution in [0, 0.1) is 0 Å². The number of para-hydroxylation sites is 1. The molecule has 0 aliphatic carbocycles. The highest BCUT2D eigenvalue weighted by molar-refractivity contribution is 6.18. The molecule has 0 radical (unpaired) electrons. The molecule has 0 fully saturated rings. The normalized spacial score (nSPS) is 16.6. The van der Waals surface area contributed by atoms with Crippen molar-refractivity contribution in [1.82, 2.24) is 0 Å². The zero-order valence-electron chi connectivity index (χ0n) is 8.92. The Morgan fingerprint density at radius 1 is 1.33 bits per heavy atom. The standard InChI is InChI=1S/C13H15NO/c1-2-3-4-9-12-13(15)10-7-5-6-8-11(10)14-12/h5-9,14H,2-4H2,1H3. The summed E-state index contributed by atoms with van der Waals surface area (Å²) in [5.74, 6) is 0.127. The SMILES string of the molecule is CCCCC=C1Nc2ccccc2C1=O. The molecule has 1 aromatic rings. The van der Waals surface area contributed by atoms with E-state index in [4.69, 9.17) is 0 Å². The lowest BCUT2D eigenvalue weighted by atomic mass is 10.1. The van der Waals surface area contributed by atoms with E-state index < -0.39 is 0 Å². The fourth-order valence-corrected chi connectivity index (χ4v) is 1.73. The van der Waals surface area contributed by atoms with Crippen LogP contribution in [-0.2, 0) is 0 Å². The van der Waals surface area contributed by atoms with E-state index in [0.29, 0.717) is 0 Å². The van der Waals surface area contributed by atoms with Crippen molar-refractivity contribution in [2.24, 2.45) is 0 Å². The van der Waals surface area contributed by atoms with Crippen LogP contribution >= 0.6 is 0 Å². The maximum absolute atomic E-state index is 11.9. The summed E-state index contributed by atoms with van der Waals surface area (Å²) in [7, 11) is 0. The van der Waals surface area contributed by atoms with Gasteiger partial charge in [0.15, 0.2) is 0 Å². The van der Waals surface area contributed by atoms with E-state index in [2.05, 4.69) is 12.2 Å². The summed E-state index contributed by atoms with van der Waals surface area (Å²) in [6, 6.07) is 7.64. The first-order valence-electron chi connectivity index (χ1n) is 5.44. The second-order valence-corrected chi connectivity index (χ2v) is 3.76. The molecule has 0 unspecified atom stereocenters. The smallest absolute Gasteiger partial charge is 0.210 e. The number of carbonyl (C=O) groups is 1. The number of nitrogens with one attached hydrogen (secondary N) is 1. The highest BCUT2D eigenvalue weighted by Gasteiger charge is 2.22. The van der Waals surface area contributed by atoms with E-state index >= 15 is 0 Å². The van der Waals surface area contributed by atoms with Gasteiger partial charge in [0, 0.05) is 11.3 Å². The molecular formula is C13H15NO. The topological polar surface area (TPSA) is 29.1 Å². The van der Waals surface area contributed by atoms with Crippen LogP contribution in [0.4, 0.5) is 5.69 Å². The lowest BCUT2D eigenvalue weighted by Gasteiger charge is -1.97. The fourth-order valence-electron chi connectivity index (χ4n) is 1.73. The minimum atomic E-state index is 0.127. The molecule has 1 aliphatic rings. The third-order valence-electron chi connectivity index (χ3n) is 2.59. The van der Waals surface area contributed by atoms with Crippen molar-refractivity contribution in [3.05, 3.63) is 41.6 Å². The molecule has 0 bridgehead atoms. The van der Waals surface area contributed by atoms with Gasteiger partial charge >= 0.3 is 0 Å². The van der Waals surface area contributed by atoms with Crippen molar-refractivity contribution in [2.75, 3.05) is 5.32 Å². The van der Waals surface area contributed by atoms with Crippen LogP contribution in [0.25, 0.3) is 0 Å². The number of Topliss-reactive ketones (excluding diaryl/α,β-unsaturated/α-hetero) is 1. The van der Waals surface area contributed by atoms with Crippen LogP contribution < -0.4 is 5.32 Å². The zero-order valence-corrected chi connectivity index (χ0v) is 8.92. The Balaban J connectivity index is 2.16. The first kappa shape index (κ1) is 9.97. The molecule has 2 rings (SSSR count). The molecule has 2 nitrogen and oxygen atoms in total. The van der Waals surface area contributed by atoms with Gasteiger partial charge in [-0.1, -0.05) is 31.6 Å². The number of hydrogen-bond acceptors (Lipinski definition) is 2. The number of anilines is 1. The van der Waals surface area contributed by atoms with E-state index in [-0.39, 0.29) is 5.78 Å². The Morgan fingerprint density at radius 2 is 2.13 bits per heavy atom. The molecular weight excluding hydrogens is 186 g/mol. The largest absolute Gasteiger partial charge is 0.352 e. The van der Waals surface area contributed by atoms with Gasteiger partial charge in [0.1, 0.15) is 0 Å². The van der Waals surface area contributed by atoms with Crippen LogP contribution in [0.3, 0.4) is 0 Å². The number of hydrogen-bond donors (Lipinski definition) is 1. The van der Waals surface area contributed by atoms with E-state index in [0.717, 1.165) is 36.2 Å². The van der Waals surface area contributed by atoms with E-state index in [1.54, 1.807) is 0 Å². The van der Waals surface area contributed by atoms with E-state index in [1.165, 1.54) is 0 Å². The molecule has 0 amide bonds. The maximum atomic E-state index is 11.9. The number of allylic oxidation sites excluding steroid dienone is 2. The Morgan fingerprint density at radius 3 is 2.87 bits per heavy atom. The maximum Gasteiger partial charge on any atom is 0.210 e. The minimum Gasteiger partial charge on any atom is -0.352 e. The molecule has 78 valence electrons. The van der Waals surface area contributed by atoms with Gasteiger partial charge in [0.05, 0.1) is 5.70 Å². The van der Waals surface area contributed by atoms with Gasteiger partial charge in [-0.2, -0.15) is 0 Å². The molecule has 0 spiro atoms. The quantitative estimate of drug-likeness (QED) is 0.600. The molecule has 0 aromatic heterocycles. The summed E-state index contributed by atoms with van der Waals surface area (Å²) < 4.78 is 0. The first-order chi connectivity index (χ1) is 7.33. The Labute approximate surface area is 90.0 Å². The van der Waals surface area contributed by atoms with Crippen molar-refractivity contribution in [2.45, 2.75) is 26.2 Å². The third-order valence-corrected chi connectivity index (χ3v) is 2.59. The monoisotopic (exact) mass is 201 g/mol. The average molecular weight is 201 g/mol. The summed E-state index contributed by atoms with van der Waals surface area (Å²) >= 11 is 0. The van der Waals surface area contributed by atoms with E-state index in [9.17, 15) is 4.79 Å². The lowest BCUT2D eigenvalue weighted by molar-refractivity contribution is 0.104. The molecule has 0 saturated carbocycles. The number of benzene rings is 1. The second-order valence-electron chi connectivity index (χ2n) is 3.76. The van der Waals surface area contributed by atoms with Gasteiger partial charge in [0.2, 0.25) is 5.78 Å². The number of fused-ring (bicyclic) bond motifs is 1. The van der Waals surface area contributed by atoms with Gasteiger partial charge in [-0.15, -0.1) is 0 Å². The van der Waals surface area contributed by atoms with Crippen molar-refractivity contribution >= 4 is 11.5 Å². The number of carbonyl (C=O) groups excluding carboxylic acids is 1. The molecule has 15 heavy (non-hydrogen) atoms. The van der Waals surface area contributed by atoms with Crippen LogP contribution in [0.5, 0.6) is 0 Å². The van der Waals surface area contributed by atoms with Gasteiger partial charge in [0.25, 0.3) is 0 Å². The van der Waals surface area contributed by atoms with Gasteiger partial charge in [-0.3, -0.25) is 4.79 Å². The third kappa shape index (κ3) is 1.94. The lowest BCUT2D eigenvalue weighted by Crippen LogP contribution is -1.99. The fraction of sp³-hybridized carbons (Fsp3) is 0.308. The highest BCUT2D eigenvalue weighted by Crippen LogP contribution is 2.27. The number of unbranched alkanes of at least 4 members (excludes halogenated alkanes) is 2. The predicted molar refractivity (Wildman–Crippen MR) is 62.0 cm³/mol. The molecule has 1 heterocycles. The van der Waals surface area contributed by atoms with Crippen molar-refractivity contribution < 1.29 is 4.79 Å². The summed E-state index contributed by atoms with van der Waals surface area (Å²) in [6.45, 7) is 2.15. The van der Waals surface area contributed by atoms with Gasteiger partial charge in [-0.25, -0.2) is 0 Å². The predicted octanol–water partition coefficient (Wildman–Crippen LogP) is 3.37. The molecule has 2 heteroatoms. The highest BCUT2D eigenvalue weighted by atomic mass is 16.1. The Kier molecular flexibility index (Phi) is 2.86. The summed E-state index contributed by atoms with van der Waals surface area (Å²) in [4.78, 5) is 11.9. The molecule has 1 N–H and O–H groups in total. The van der Waals surface area contributed by atoms with Crippen LogP contribution in [0.15, 0.2) is 36.0 Å². The summed E-state index contributed by atoms with van der Waals surface area (Å²) in [6.07, 6.45) is 5.27. The van der Waals surface area contributed by atoms with Crippen LogP contribution in [-0.4, -0.2) is 5.78 Å². The van der Waals surface area contributed by atoms with Gasteiger partial charge < -0.3 is 5.32 Å². The van der Waals surface area contributed by atoms with Crippen molar-refractivity contribution in [3.63, 3.8) is 0 Å². The first-order valence-corrected chi connectivity index (χ1v) is 5.44. The summed E-state index contributed by atoms with van der Waals surface area (Å²) in [5.41, 5.74) is 2.47. The molecule has 1 aliphatic heterocycles. The molecule has 0 saturated heterocycles. The second kappa shape index (κ2) is 4.30. The Bertz CT molecular complexity index is 407. The van der Waals surface area contributed by atoms with Crippen LogP contribution in [0.1, 0.15) is 36.5 Å². The van der Waals surface area contributed by atoms with Crippen molar-refractivity contribution in [1.29, 1.82) is 0 Å². The minimum absolute atomic E-state index is 0.127. The number of ketones is 1. The van der Waals surface area contributed by atoms with Crippen LogP contribution in [0.2, 0.25) is 0 Å². The molecule has 0 atom stereocenters. The van der Waals surface area contributed by atoms with Gasteiger partial charge in [-0.05, 0) is 25.0 Å². The van der Waals surface area contributed by atoms with Crippen molar-refractivity contribution in [3.8, 4) is 0 Å². The zero-order chi connectivity index (χ0) is 10.7. The average Bonchev–Trinajstić information content (AvgIpc) is 2.57. The molecule has 1 aromatic carbocycles. The Hall–Kier alpha value is -1.57.